The van der Waals surface area contributed by atoms with Gasteiger partial charge in [-0.05, 0) is 55.0 Å². The number of aromatic nitrogens is 1. The van der Waals surface area contributed by atoms with Gasteiger partial charge in [-0.15, -0.1) is 0 Å². The molecule has 5 heteroatoms. The number of aromatic amines is 1. The van der Waals surface area contributed by atoms with Crippen molar-refractivity contribution < 1.29 is 14.0 Å². The Hall–Kier alpha value is -2.95. The number of carbonyl (C=O) groups is 2. The maximum Gasteiger partial charge on any atom is 0.252 e. The minimum atomic E-state index is -0.424. The second kappa shape index (κ2) is 7.14. The summed E-state index contributed by atoms with van der Waals surface area (Å²) >= 11 is 0. The predicted octanol–water partition coefficient (Wildman–Crippen LogP) is 4.81. The number of hydrogen-bond donors (Lipinski definition) is 2. The maximum absolute atomic E-state index is 14.0. The van der Waals surface area contributed by atoms with Crippen molar-refractivity contribution in [2.24, 2.45) is 5.41 Å². The molecule has 29 heavy (non-hydrogen) atoms. The summed E-state index contributed by atoms with van der Waals surface area (Å²) in [6.45, 7) is 6.12. The van der Waals surface area contributed by atoms with Crippen molar-refractivity contribution in [2.75, 3.05) is 6.54 Å². The van der Waals surface area contributed by atoms with E-state index in [1.54, 1.807) is 6.92 Å². The molecule has 1 aliphatic rings. The van der Waals surface area contributed by atoms with E-state index in [1.165, 1.54) is 17.7 Å². The van der Waals surface area contributed by atoms with Crippen LogP contribution in [0.25, 0.3) is 22.2 Å². The van der Waals surface area contributed by atoms with E-state index in [9.17, 15) is 14.0 Å². The van der Waals surface area contributed by atoms with Crippen LogP contribution in [0, 0.1) is 11.2 Å². The second-order valence-electron chi connectivity index (χ2n) is 8.50. The average molecular weight is 392 g/mol. The van der Waals surface area contributed by atoms with E-state index >= 15 is 0 Å². The van der Waals surface area contributed by atoms with Crippen LogP contribution in [0.5, 0.6) is 0 Å². The van der Waals surface area contributed by atoms with E-state index in [4.69, 9.17) is 0 Å². The molecule has 150 valence electrons. The highest BCUT2D eigenvalue weighted by Crippen LogP contribution is 2.35. The van der Waals surface area contributed by atoms with Crippen LogP contribution in [0.1, 0.15) is 48.7 Å². The molecule has 1 amide bonds. The van der Waals surface area contributed by atoms with E-state index in [0.717, 1.165) is 35.0 Å². The summed E-state index contributed by atoms with van der Waals surface area (Å²) < 4.78 is 14.0. The first-order chi connectivity index (χ1) is 13.8. The van der Waals surface area contributed by atoms with Gasteiger partial charge in [-0.25, -0.2) is 4.39 Å². The lowest BCUT2D eigenvalue weighted by atomic mass is 9.83. The Kier molecular flexibility index (Phi) is 4.77. The smallest absolute Gasteiger partial charge is 0.252 e. The number of halogens is 1. The zero-order valence-corrected chi connectivity index (χ0v) is 17.0. The number of aryl methyl sites for hydroxylation is 1. The van der Waals surface area contributed by atoms with Crippen LogP contribution in [0.4, 0.5) is 4.39 Å². The number of ketones is 1. The van der Waals surface area contributed by atoms with Gasteiger partial charge in [0, 0.05) is 28.6 Å². The van der Waals surface area contributed by atoms with E-state index in [1.807, 2.05) is 26.0 Å². The minimum absolute atomic E-state index is 0.202. The van der Waals surface area contributed by atoms with Gasteiger partial charge in [0.15, 0.2) is 0 Å². The van der Waals surface area contributed by atoms with Gasteiger partial charge in [-0.2, -0.15) is 0 Å². The van der Waals surface area contributed by atoms with Gasteiger partial charge >= 0.3 is 0 Å². The number of benzene rings is 2. The molecule has 3 aromatic rings. The maximum atomic E-state index is 14.0. The Bertz CT molecular complexity index is 1110. The first-order valence-electron chi connectivity index (χ1n) is 9.99. The fraction of sp³-hybridized carbons (Fsp3) is 0.333. The number of amides is 1. The fourth-order valence-electron chi connectivity index (χ4n) is 3.91. The standard InChI is InChI=1S/C24H25FN2O2/c1-14(28)24(2,3)10-8-15-4-6-16(7-5-15)22-18-9-11-26-23(29)19-12-17(25)13-20(27-22)21(18)19/h4-7,12-13,27H,8-11H2,1-3H3,(H,26,29). The molecule has 0 aliphatic carbocycles. The quantitative estimate of drug-likeness (QED) is 0.655. The monoisotopic (exact) mass is 392 g/mol. The van der Waals surface area contributed by atoms with E-state index < -0.39 is 5.82 Å². The van der Waals surface area contributed by atoms with Gasteiger partial charge in [-0.3, -0.25) is 9.59 Å². The number of hydrogen-bond acceptors (Lipinski definition) is 2. The van der Waals surface area contributed by atoms with E-state index in [2.05, 4.69) is 22.4 Å². The van der Waals surface area contributed by atoms with Crippen molar-refractivity contribution in [3.8, 4) is 11.3 Å². The van der Waals surface area contributed by atoms with Crippen LogP contribution >= 0.6 is 0 Å². The Morgan fingerprint density at radius 1 is 1.17 bits per heavy atom. The third kappa shape index (κ3) is 3.57. The van der Waals surface area contributed by atoms with Gasteiger partial charge in [0.2, 0.25) is 0 Å². The van der Waals surface area contributed by atoms with Crippen LogP contribution in [0.2, 0.25) is 0 Å². The van der Waals surface area contributed by atoms with Crippen LogP contribution in [-0.4, -0.2) is 23.2 Å². The lowest BCUT2D eigenvalue weighted by Gasteiger charge is -2.20. The number of rotatable bonds is 5. The lowest BCUT2D eigenvalue weighted by Crippen LogP contribution is -2.23. The van der Waals surface area contributed by atoms with Crippen LogP contribution in [0.3, 0.4) is 0 Å². The summed E-state index contributed by atoms with van der Waals surface area (Å²) in [6.07, 6.45) is 2.32. The van der Waals surface area contributed by atoms with Gasteiger partial charge < -0.3 is 10.3 Å². The molecule has 0 spiro atoms. The van der Waals surface area contributed by atoms with Crippen molar-refractivity contribution in [1.82, 2.24) is 10.3 Å². The Morgan fingerprint density at radius 3 is 2.59 bits per heavy atom. The molecule has 1 aromatic heterocycles. The molecule has 0 atom stereocenters. The van der Waals surface area contributed by atoms with E-state index in [0.29, 0.717) is 24.0 Å². The van der Waals surface area contributed by atoms with Crippen LogP contribution in [-0.2, 0) is 17.6 Å². The molecular formula is C24H25FN2O2. The third-order valence-electron chi connectivity index (χ3n) is 6.11. The van der Waals surface area contributed by atoms with Crippen molar-refractivity contribution in [1.29, 1.82) is 0 Å². The molecule has 0 radical (unpaired) electrons. The Labute approximate surface area is 169 Å². The molecule has 0 fully saturated rings. The summed E-state index contributed by atoms with van der Waals surface area (Å²) in [5.41, 5.74) is 4.86. The summed E-state index contributed by atoms with van der Waals surface area (Å²) in [5, 5.41) is 3.65. The van der Waals surface area contributed by atoms with Gasteiger partial charge in [0.05, 0.1) is 5.56 Å². The zero-order valence-electron chi connectivity index (χ0n) is 17.0. The number of nitrogens with one attached hydrogen (secondary N) is 2. The minimum Gasteiger partial charge on any atom is -0.354 e. The summed E-state index contributed by atoms with van der Waals surface area (Å²) in [4.78, 5) is 27.4. The highest BCUT2D eigenvalue weighted by molar-refractivity contribution is 6.10. The zero-order chi connectivity index (χ0) is 20.8. The van der Waals surface area contributed by atoms with Crippen molar-refractivity contribution in [3.05, 3.63) is 58.9 Å². The molecule has 4 nitrogen and oxygen atoms in total. The number of carbonyl (C=O) groups excluding carboxylic acids is 2. The normalized spacial score (nSPS) is 14.0. The highest BCUT2D eigenvalue weighted by Gasteiger charge is 2.24. The predicted molar refractivity (Wildman–Crippen MR) is 113 cm³/mol. The molecule has 0 saturated heterocycles. The fourth-order valence-corrected chi connectivity index (χ4v) is 3.91. The molecule has 2 heterocycles. The number of Topliss-reactive ketones (excluding diaryl/α,β-unsaturated/α-hetero) is 1. The number of H-pyrrole nitrogens is 1. The second-order valence-corrected chi connectivity index (χ2v) is 8.50. The third-order valence-corrected chi connectivity index (χ3v) is 6.11. The summed E-state index contributed by atoms with van der Waals surface area (Å²) in [6, 6.07) is 11.0. The van der Waals surface area contributed by atoms with Crippen molar-refractivity contribution in [3.63, 3.8) is 0 Å². The molecular weight excluding hydrogens is 367 g/mol. The van der Waals surface area contributed by atoms with Crippen LogP contribution < -0.4 is 5.32 Å². The molecule has 2 N–H and O–H groups in total. The van der Waals surface area contributed by atoms with Crippen molar-refractivity contribution in [2.45, 2.75) is 40.0 Å². The van der Waals surface area contributed by atoms with Gasteiger partial charge in [-0.1, -0.05) is 38.1 Å². The first kappa shape index (κ1) is 19.4. The Morgan fingerprint density at radius 2 is 1.90 bits per heavy atom. The average Bonchev–Trinajstić information content (AvgIpc) is 2.95. The van der Waals surface area contributed by atoms with E-state index in [-0.39, 0.29) is 17.1 Å². The SMILES string of the molecule is CC(=O)C(C)(C)CCc1ccc(-c2[nH]c3cc(F)cc4c3c2CCNC4=O)cc1. The molecule has 0 saturated carbocycles. The largest absolute Gasteiger partial charge is 0.354 e. The topological polar surface area (TPSA) is 62.0 Å². The summed E-state index contributed by atoms with van der Waals surface area (Å²) in [5.74, 6) is -0.455. The molecule has 4 rings (SSSR count). The first-order valence-corrected chi connectivity index (χ1v) is 9.99. The van der Waals surface area contributed by atoms with Gasteiger partial charge in [0.25, 0.3) is 5.91 Å². The summed E-state index contributed by atoms with van der Waals surface area (Å²) in [7, 11) is 0. The lowest BCUT2D eigenvalue weighted by molar-refractivity contribution is -0.125. The molecule has 2 aromatic carbocycles. The molecule has 0 bridgehead atoms. The van der Waals surface area contributed by atoms with Gasteiger partial charge in [0.1, 0.15) is 11.6 Å². The molecule has 0 unspecified atom stereocenters. The van der Waals surface area contributed by atoms with Crippen molar-refractivity contribution >= 4 is 22.6 Å². The highest BCUT2D eigenvalue weighted by atomic mass is 19.1. The van der Waals surface area contributed by atoms with Crippen LogP contribution in [0.15, 0.2) is 36.4 Å². The molecule has 1 aliphatic heterocycles. The Balaban J connectivity index is 1.69.